The predicted octanol–water partition coefficient (Wildman–Crippen LogP) is 2.11. The maximum Gasteiger partial charge on any atom is 0.170 e. The molecule has 98 valence electrons. The van der Waals surface area contributed by atoms with Crippen LogP contribution in [0, 0.1) is 19.8 Å². The fourth-order valence-corrected chi connectivity index (χ4v) is 2.48. The van der Waals surface area contributed by atoms with E-state index in [1.807, 2.05) is 32.0 Å². The number of hydrogen-bond donors (Lipinski definition) is 1. The van der Waals surface area contributed by atoms with Crippen molar-refractivity contribution in [1.82, 2.24) is 5.32 Å². The monoisotopic (exact) mass is 247 g/mol. The number of nitrogens with one attached hydrogen (secondary N) is 1. The average Bonchev–Trinajstić information content (AvgIpc) is 2.80. The molecule has 2 atom stereocenters. The highest BCUT2D eigenvalue weighted by molar-refractivity contribution is 6.00. The van der Waals surface area contributed by atoms with Crippen LogP contribution >= 0.6 is 0 Å². The fourth-order valence-electron chi connectivity index (χ4n) is 2.48. The molecule has 1 aromatic carbocycles. The second-order valence-electron chi connectivity index (χ2n) is 4.99. The molecule has 0 aliphatic carbocycles. The summed E-state index contributed by atoms with van der Waals surface area (Å²) in [4.78, 5) is 12.6. The Kier molecular flexibility index (Phi) is 4.15. The molecular formula is C15H21NO2. The zero-order valence-electron chi connectivity index (χ0n) is 11.3. The van der Waals surface area contributed by atoms with Crippen LogP contribution in [-0.4, -0.2) is 31.6 Å². The van der Waals surface area contributed by atoms with E-state index >= 15 is 0 Å². The number of rotatable bonds is 4. The quantitative estimate of drug-likeness (QED) is 0.828. The molecule has 0 bridgehead atoms. The molecule has 1 heterocycles. The Bertz CT molecular complexity index is 442. The molecule has 18 heavy (non-hydrogen) atoms. The molecule has 1 aliphatic rings. The summed E-state index contributed by atoms with van der Waals surface area (Å²) in [6.07, 6.45) is 0. The third-order valence-electron chi connectivity index (χ3n) is 3.54. The molecule has 3 heteroatoms. The van der Waals surface area contributed by atoms with Crippen LogP contribution in [0.1, 0.15) is 28.4 Å². The van der Waals surface area contributed by atoms with Crippen LogP contribution in [0.25, 0.3) is 0 Å². The van der Waals surface area contributed by atoms with E-state index in [1.54, 1.807) is 0 Å². The number of aryl methyl sites for hydroxylation is 2. The molecular weight excluding hydrogens is 226 g/mol. The van der Waals surface area contributed by atoms with Crippen LogP contribution in [0.15, 0.2) is 18.2 Å². The molecule has 0 spiro atoms. The van der Waals surface area contributed by atoms with Gasteiger partial charge in [-0.2, -0.15) is 0 Å². The first-order valence-corrected chi connectivity index (χ1v) is 6.56. The number of Topliss-reactive ketones (excluding diaryl/α,β-unsaturated/α-hetero) is 1. The van der Waals surface area contributed by atoms with Crippen LogP contribution in [0.3, 0.4) is 0 Å². The summed E-state index contributed by atoms with van der Waals surface area (Å²) in [6.45, 7) is 8.09. The van der Waals surface area contributed by atoms with Gasteiger partial charge in [0.2, 0.25) is 0 Å². The lowest BCUT2D eigenvalue weighted by atomic mass is 9.90. The van der Waals surface area contributed by atoms with E-state index in [0.717, 1.165) is 23.2 Å². The molecule has 0 radical (unpaired) electrons. The molecule has 1 N–H and O–H groups in total. The summed E-state index contributed by atoms with van der Waals surface area (Å²) in [5.41, 5.74) is 3.02. The van der Waals surface area contributed by atoms with Crippen LogP contribution in [0.2, 0.25) is 0 Å². The van der Waals surface area contributed by atoms with Gasteiger partial charge in [0.05, 0.1) is 19.1 Å². The summed E-state index contributed by atoms with van der Waals surface area (Å²) in [5, 5.41) is 3.33. The molecule has 0 aromatic heterocycles. The summed E-state index contributed by atoms with van der Waals surface area (Å²) >= 11 is 0. The first-order valence-electron chi connectivity index (χ1n) is 6.56. The molecule has 3 nitrogen and oxygen atoms in total. The number of ether oxygens (including phenoxy) is 1. The molecule has 0 amide bonds. The van der Waals surface area contributed by atoms with E-state index in [4.69, 9.17) is 4.74 Å². The third-order valence-corrected chi connectivity index (χ3v) is 3.54. The van der Waals surface area contributed by atoms with Gasteiger partial charge in [-0.1, -0.05) is 24.6 Å². The second kappa shape index (κ2) is 5.63. The number of carbonyl (C=O) groups excluding carboxylic acids is 1. The van der Waals surface area contributed by atoms with Gasteiger partial charge in [0.15, 0.2) is 5.78 Å². The van der Waals surface area contributed by atoms with Crippen LogP contribution < -0.4 is 5.32 Å². The summed E-state index contributed by atoms with van der Waals surface area (Å²) < 4.78 is 5.45. The van der Waals surface area contributed by atoms with Gasteiger partial charge in [-0.3, -0.25) is 4.79 Å². The van der Waals surface area contributed by atoms with Crippen molar-refractivity contribution in [3.8, 4) is 0 Å². The Balaban J connectivity index is 2.22. The number of carbonyl (C=O) groups is 1. The van der Waals surface area contributed by atoms with Crippen molar-refractivity contribution in [3.05, 3.63) is 34.9 Å². The molecule has 1 fully saturated rings. The van der Waals surface area contributed by atoms with Gasteiger partial charge in [-0.15, -0.1) is 0 Å². The van der Waals surface area contributed by atoms with Crippen molar-refractivity contribution in [3.63, 3.8) is 0 Å². The van der Waals surface area contributed by atoms with Gasteiger partial charge in [0, 0.05) is 11.6 Å². The highest BCUT2D eigenvalue weighted by Crippen LogP contribution is 2.22. The first-order chi connectivity index (χ1) is 8.63. The Morgan fingerprint density at radius 3 is 2.89 bits per heavy atom. The van der Waals surface area contributed by atoms with E-state index in [1.165, 1.54) is 0 Å². The maximum atomic E-state index is 12.6. The van der Waals surface area contributed by atoms with Gasteiger partial charge in [0.1, 0.15) is 0 Å². The first kappa shape index (κ1) is 13.2. The summed E-state index contributed by atoms with van der Waals surface area (Å²) in [6, 6.07) is 6.20. The molecule has 1 saturated heterocycles. The Labute approximate surface area is 109 Å². The van der Waals surface area contributed by atoms with Crippen molar-refractivity contribution < 1.29 is 9.53 Å². The Morgan fingerprint density at radius 2 is 2.17 bits per heavy atom. The zero-order valence-corrected chi connectivity index (χ0v) is 11.3. The highest BCUT2D eigenvalue weighted by atomic mass is 16.5. The van der Waals surface area contributed by atoms with Gasteiger partial charge in [-0.25, -0.2) is 0 Å². The number of ketones is 1. The van der Waals surface area contributed by atoms with Gasteiger partial charge in [0.25, 0.3) is 0 Å². The van der Waals surface area contributed by atoms with Crippen molar-refractivity contribution in [2.45, 2.75) is 26.8 Å². The standard InChI is InChI=1S/C15H21NO2/c1-4-16-14-9-18-8-13(14)15(17)12-7-10(2)5-6-11(12)3/h5-7,13-14,16H,4,8-9H2,1-3H3. The van der Waals surface area contributed by atoms with Crippen LogP contribution in [0.5, 0.6) is 0 Å². The minimum atomic E-state index is -0.0505. The minimum Gasteiger partial charge on any atom is -0.379 e. The van der Waals surface area contributed by atoms with Gasteiger partial charge >= 0.3 is 0 Å². The van der Waals surface area contributed by atoms with E-state index in [0.29, 0.717) is 13.2 Å². The summed E-state index contributed by atoms with van der Waals surface area (Å²) in [7, 11) is 0. The van der Waals surface area contributed by atoms with Crippen LogP contribution in [0.4, 0.5) is 0 Å². The van der Waals surface area contributed by atoms with Crippen LogP contribution in [-0.2, 0) is 4.74 Å². The van der Waals surface area contributed by atoms with Gasteiger partial charge < -0.3 is 10.1 Å². The molecule has 2 unspecified atom stereocenters. The largest absolute Gasteiger partial charge is 0.379 e. The summed E-state index contributed by atoms with van der Waals surface area (Å²) in [5.74, 6) is 0.157. The number of benzene rings is 1. The lowest BCUT2D eigenvalue weighted by Crippen LogP contribution is -2.39. The predicted molar refractivity (Wildman–Crippen MR) is 72.0 cm³/mol. The number of hydrogen-bond acceptors (Lipinski definition) is 3. The smallest absolute Gasteiger partial charge is 0.170 e. The highest BCUT2D eigenvalue weighted by Gasteiger charge is 2.34. The SMILES string of the molecule is CCNC1COCC1C(=O)c1cc(C)ccc1C. The van der Waals surface area contributed by atoms with Crippen molar-refractivity contribution >= 4 is 5.78 Å². The van der Waals surface area contributed by atoms with E-state index in [9.17, 15) is 4.79 Å². The molecule has 2 rings (SSSR count). The van der Waals surface area contributed by atoms with Crippen molar-refractivity contribution in [1.29, 1.82) is 0 Å². The topological polar surface area (TPSA) is 38.3 Å². The Morgan fingerprint density at radius 1 is 1.39 bits per heavy atom. The molecule has 1 aliphatic heterocycles. The normalized spacial score (nSPS) is 23.3. The minimum absolute atomic E-state index is 0.0505. The lowest BCUT2D eigenvalue weighted by Gasteiger charge is -2.18. The lowest BCUT2D eigenvalue weighted by molar-refractivity contribution is 0.0891. The zero-order chi connectivity index (χ0) is 13.1. The number of likely N-dealkylation sites (N-methyl/N-ethyl adjacent to an activating group) is 1. The maximum absolute atomic E-state index is 12.6. The second-order valence-corrected chi connectivity index (χ2v) is 4.99. The Hall–Kier alpha value is -1.19. The average molecular weight is 247 g/mol. The molecule has 0 saturated carbocycles. The third kappa shape index (κ3) is 2.62. The van der Waals surface area contributed by atoms with E-state index in [-0.39, 0.29) is 17.7 Å². The van der Waals surface area contributed by atoms with Crippen molar-refractivity contribution in [2.75, 3.05) is 19.8 Å². The van der Waals surface area contributed by atoms with Gasteiger partial charge in [-0.05, 0) is 32.0 Å². The van der Waals surface area contributed by atoms with E-state index < -0.39 is 0 Å². The fraction of sp³-hybridized carbons (Fsp3) is 0.533. The van der Waals surface area contributed by atoms with E-state index in [2.05, 4.69) is 12.2 Å². The van der Waals surface area contributed by atoms with Crippen molar-refractivity contribution in [2.24, 2.45) is 5.92 Å². The molecule has 1 aromatic rings.